The molecular formula is C67H114O16P2. The minimum atomic E-state index is -4.93. The molecule has 4 N–H and O–H groups in total. The molecule has 0 saturated heterocycles. The Morgan fingerprint density at radius 3 is 1.00 bits per heavy atom. The van der Waals surface area contributed by atoms with E-state index in [1.807, 2.05) is 0 Å². The summed E-state index contributed by atoms with van der Waals surface area (Å²) in [6.45, 7) is 2.33. The van der Waals surface area contributed by atoms with E-state index in [0.717, 1.165) is 167 Å². The number of allylic oxidation sites excluding steroid dienone is 18. The number of phosphoric acid groups is 2. The van der Waals surface area contributed by atoms with Crippen LogP contribution in [0.25, 0.3) is 0 Å². The minimum absolute atomic E-state index is 0.0883. The molecule has 0 spiro atoms. The average Bonchev–Trinajstić information content (AvgIpc) is 3.60. The third kappa shape index (κ3) is 61.6. The van der Waals surface area contributed by atoms with Crippen LogP contribution in [-0.2, 0) is 55.8 Å². The summed E-state index contributed by atoms with van der Waals surface area (Å²) < 4.78 is 60.7. The first-order valence-corrected chi connectivity index (χ1v) is 35.2. The van der Waals surface area contributed by atoms with E-state index in [2.05, 4.69) is 130 Å². The number of carbonyl (C=O) groups is 3. The van der Waals surface area contributed by atoms with Crippen molar-refractivity contribution >= 4 is 33.6 Å². The van der Waals surface area contributed by atoms with E-state index in [-0.39, 0.29) is 19.3 Å². The highest BCUT2D eigenvalue weighted by Crippen LogP contribution is 2.45. The molecule has 0 saturated carbocycles. The lowest BCUT2D eigenvalue weighted by atomic mass is 10.1. The third-order valence-corrected chi connectivity index (χ3v) is 14.9. The van der Waals surface area contributed by atoms with E-state index >= 15 is 0 Å². The lowest BCUT2D eigenvalue weighted by molar-refractivity contribution is -0.161. The minimum Gasteiger partial charge on any atom is -0.463 e. The van der Waals surface area contributed by atoms with Gasteiger partial charge in [-0.2, -0.15) is 0 Å². The Balaban J connectivity index is 4.64. The Kier molecular flexibility index (Phi) is 57.8. The highest BCUT2D eigenvalue weighted by molar-refractivity contribution is 7.47. The largest absolute Gasteiger partial charge is 0.472 e. The fourth-order valence-corrected chi connectivity index (χ4v) is 9.65. The zero-order valence-corrected chi connectivity index (χ0v) is 54.3. The molecule has 0 aromatic heterocycles. The molecule has 0 bridgehead atoms. The molecule has 0 aliphatic heterocycles. The van der Waals surface area contributed by atoms with E-state index in [9.17, 15) is 43.5 Å². The van der Waals surface area contributed by atoms with Gasteiger partial charge in [0.25, 0.3) is 0 Å². The highest BCUT2D eigenvalue weighted by Gasteiger charge is 2.29. The molecule has 85 heavy (non-hydrogen) atoms. The van der Waals surface area contributed by atoms with Gasteiger partial charge in [-0.15, -0.1) is 0 Å². The number of phosphoric ester groups is 2. The zero-order chi connectivity index (χ0) is 62.4. The lowest BCUT2D eigenvalue weighted by Crippen LogP contribution is -2.30. The highest BCUT2D eigenvalue weighted by atomic mass is 31.2. The van der Waals surface area contributed by atoms with Crippen LogP contribution in [0.15, 0.2) is 109 Å². The average molecular weight is 1240 g/mol. The molecule has 0 aliphatic rings. The van der Waals surface area contributed by atoms with Crippen LogP contribution < -0.4 is 0 Å². The van der Waals surface area contributed by atoms with Crippen molar-refractivity contribution < 1.29 is 75.8 Å². The predicted molar refractivity (Wildman–Crippen MR) is 344 cm³/mol. The van der Waals surface area contributed by atoms with Crippen LogP contribution in [0.2, 0.25) is 0 Å². The summed E-state index contributed by atoms with van der Waals surface area (Å²) in [5.41, 5.74) is 0. The molecule has 0 radical (unpaired) electrons. The second-order valence-electron chi connectivity index (χ2n) is 21.1. The van der Waals surface area contributed by atoms with Gasteiger partial charge in [-0.05, 0) is 116 Å². The van der Waals surface area contributed by atoms with Crippen molar-refractivity contribution in [3.63, 3.8) is 0 Å². The number of hydrogen-bond donors (Lipinski definition) is 4. The van der Waals surface area contributed by atoms with Gasteiger partial charge in [0.2, 0.25) is 0 Å². The van der Waals surface area contributed by atoms with E-state index in [4.69, 9.17) is 32.3 Å². The van der Waals surface area contributed by atoms with Crippen molar-refractivity contribution in [3.05, 3.63) is 109 Å². The molecule has 0 aromatic carbocycles. The zero-order valence-electron chi connectivity index (χ0n) is 52.5. The maximum Gasteiger partial charge on any atom is 0.472 e. The standard InChI is InChI=1S/C67H114O16P2/c1-4-7-10-13-16-19-22-24-26-28-30-32-34-36-39-41-44-47-50-53-65(70)77-56-62(68)57-79-84(73,74)80-58-63(69)59-81-85(75,76)82-61-64(83-67(72)55-52-49-46-43-38-21-18-15-12-9-6-3)60-78-66(71)54-51-48-45-42-40-37-35-33-31-29-27-25-23-20-17-14-11-8-5-2/h7-8,10-11,15-20,24-27,30-33,62-64,68-69H,4-6,9,12-14,21-23,28-29,34-61H2,1-3H3,(H,73,74)(H,75,76)/b10-7-,11-8-,18-15-,19-16-,20-17-,26-24-,27-25-,32-30-,33-31-. The van der Waals surface area contributed by atoms with E-state index in [0.29, 0.717) is 19.3 Å². The maximum absolute atomic E-state index is 12.9. The van der Waals surface area contributed by atoms with Gasteiger partial charge in [0, 0.05) is 19.3 Å². The second-order valence-corrected chi connectivity index (χ2v) is 24.1. The molecule has 18 heteroatoms. The van der Waals surface area contributed by atoms with Crippen LogP contribution in [0.1, 0.15) is 239 Å². The first kappa shape index (κ1) is 81.2. The molecule has 0 fully saturated rings. The number of ether oxygens (including phenoxy) is 3. The van der Waals surface area contributed by atoms with Crippen molar-refractivity contribution in [1.82, 2.24) is 0 Å². The summed E-state index contributed by atoms with van der Waals surface area (Å²) in [6.07, 6.45) is 65.8. The fraction of sp³-hybridized carbons (Fsp3) is 0.687. The van der Waals surface area contributed by atoms with Gasteiger partial charge < -0.3 is 34.2 Å². The van der Waals surface area contributed by atoms with Crippen LogP contribution in [0.3, 0.4) is 0 Å². The quantitative estimate of drug-likeness (QED) is 0.0146. The number of unbranched alkanes of at least 4 members (excludes halogenated alkanes) is 19. The number of hydrogen-bond acceptors (Lipinski definition) is 14. The summed E-state index contributed by atoms with van der Waals surface area (Å²) in [4.78, 5) is 58.2. The van der Waals surface area contributed by atoms with Crippen molar-refractivity contribution in [2.45, 2.75) is 257 Å². The molecule has 16 nitrogen and oxygen atoms in total. The molecule has 5 unspecified atom stereocenters. The van der Waals surface area contributed by atoms with E-state index in [1.165, 1.54) is 12.8 Å². The van der Waals surface area contributed by atoms with Crippen molar-refractivity contribution in [1.29, 1.82) is 0 Å². The van der Waals surface area contributed by atoms with Crippen molar-refractivity contribution in [2.24, 2.45) is 0 Å². The van der Waals surface area contributed by atoms with Gasteiger partial charge in [0.05, 0.1) is 26.4 Å². The van der Waals surface area contributed by atoms with Gasteiger partial charge in [0.1, 0.15) is 25.4 Å². The van der Waals surface area contributed by atoms with Gasteiger partial charge in [-0.25, -0.2) is 9.13 Å². The Bertz CT molecular complexity index is 1990. The molecule has 5 atom stereocenters. The topological polar surface area (TPSA) is 231 Å². The molecule has 488 valence electrons. The first-order valence-electron chi connectivity index (χ1n) is 32.2. The van der Waals surface area contributed by atoms with Crippen LogP contribution in [0.4, 0.5) is 0 Å². The smallest absolute Gasteiger partial charge is 0.463 e. The Labute approximate surface area is 513 Å². The van der Waals surface area contributed by atoms with Crippen molar-refractivity contribution in [3.8, 4) is 0 Å². The SMILES string of the molecule is CC/C=C\C/C=C\C/C=C\C/C=C\CCCCCCCCC(=O)OCC(O)COP(=O)(O)OCC(O)COP(=O)(O)OCC(COC(=O)CCCCCCCC/C=C\C/C=C\C/C=C\C/C=C\CC)OC(=O)CCCCCCC/C=C\CCCC. The molecule has 0 aliphatic carbocycles. The summed E-state index contributed by atoms with van der Waals surface area (Å²) >= 11 is 0. The van der Waals surface area contributed by atoms with E-state index < -0.39 is 91.5 Å². The molecular weight excluding hydrogens is 1120 g/mol. The lowest BCUT2D eigenvalue weighted by Gasteiger charge is -2.21. The maximum atomic E-state index is 12.9. The Morgan fingerprint density at radius 1 is 0.341 bits per heavy atom. The second kappa shape index (κ2) is 60.5. The fourth-order valence-electron chi connectivity index (χ4n) is 8.06. The van der Waals surface area contributed by atoms with Gasteiger partial charge in [0.15, 0.2) is 6.10 Å². The first-order chi connectivity index (χ1) is 41.2. The summed E-state index contributed by atoms with van der Waals surface area (Å²) in [5, 5.41) is 20.5. The van der Waals surface area contributed by atoms with Crippen LogP contribution in [0.5, 0.6) is 0 Å². The normalized spacial score (nSPS) is 15.0. The predicted octanol–water partition coefficient (Wildman–Crippen LogP) is 17.3. The number of aliphatic hydroxyl groups is 2. The Hall–Kier alpha value is -3.79. The van der Waals surface area contributed by atoms with Gasteiger partial charge >= 0.3 is 33.6 Å². The summed E-state index contributed by atoms with van der Waals surface area (Å²) in [5.74, 6) is -1.62. The number of esters is 3. The monoisotopic (exact) mass is 1240 g/mol. The number of rotatable bonds is 60. The van der Waals surface area contributed by atoms with Crippen LogP contribution in [-0.4, -0.2) is 95.9 Å². The number of carbonyl (C=O) groups excluding carboxylic acids is 3. The summed E-state index contributed by atoms with van der Waals surface area (Å²) in [7, 11) is -9.78. The molecule has 0 heterocycles. The number of aliphatic hydroxyl groups excluding tert-OH is 2. The van der Waals surface area contributed by atoms with Crippen LogP contribution in [0, 0.1) is 0 Å². The molecule has 0 rings (SSSR count). The van der Waals surface area contributed by atoms with Gasteiger partial charge in [-0.3, -0.25) is 32.5 Å². The molecule has 0 amide bonds. The van der Waals surface area contributed by atoms with Crippen molar-refractivity contribution in [2.75, 3.05) is 39.6 Å². The summed E-state index contributed by atoms with van der Waals surface area (Å²) in [6, 6.07) is 0. The third-order valence-electron chi connectivity index (χ3n) is 13.0. The van der Waals surface area contributed by atoms with Gasteiger partial charge in [-0.1, -0.05) is 214 Å². The van der Waals surface area contributed by atoms with Crippen LogP contribution >= 0.6 is 15.6 Å². The van der Waals surface area contributed by atoms with E-state index in [1.54, 1.807) is 0 Å². The Morgan fingerprint density at radius 2 is 0.624 bits per heavy atom. The molecule has 0 aromatic rings.